The summed E-state index contributed by atoms with van der Waals surface area (Å²) in [7, 11) is 4.81. The van der Waals surface area contributed by atoms with E-state index in [1.165, 1.54) is 54.3 Å². The number of nitrogens with zero attached hydrogens (tertiary/aromatic N) is 2. The third-order valence-electron chi connectivity index (χ3n) is 14.6. The summed E-state index contributed by atoms with van der Waals surface area (Å²) in [5.41, 5.74) is 4.21. The Balaban J connectivity index is 0.000000208. The van der Waals surface area contributed by atoms with Gasteiger partial charge in [0.05, 0.1) is 45.0 Å². The molecule has 2 aliphatic rings. The first kappa shape index (κ1) is 56.3. The van der Waals surface area contributed by atoms with E-state index >= 15 is 0 Å². The summed E-state index contributed by atoms with van der Waals surface area (Å²) in [5.74, 6) is -0.611. The van der Waals surface area contributed by atoms with E-state index in [2.05, 4.69) is 104 Å². The number of aromatic hydroxyl groups is 2. The molecule has 11 heteroatoms. The van der Waals surface area contributed by atoms with Crippen molar-refractivity contribution in [3.63, 3.8) is 0 Å². The maximum atomic E-state index is 10.7. The topological polar surface area (TPSA) is 163 Å². The Kier molecular flexibility index (Phi) is 22.6. The second-order valence-corrected chi connectivity index (χ2v) is 19.5. The van der Waals surface area contributed by atoms with Gasteiger partial charge < -0.3 is 57.1 Å². The Hall–Kier alpha value is -5.58. The van der Waals surface area contributed by atoms with Gasteiger partial charge in [0, 0.05) is 56.4 Å². The number of carboxylic acid groups (broad SMARTS) is 1. The van der Waals surface area contributed by atoms with Crippen molar-refractivity contribution in [1.82, 2.24) is 5.32 Å². The van der Waals surface area contributed by atoms with Gasteiger partial charge in [-0.15, -0.1) is 0 Å². The second-order valence-electron chi connectivity index (χ2n) is 19.5. The van der Waals surface area contributed by atoms with Gasteiger partial charge in [-0.2, -0.15) is 5.26 Å². The molecule has 8 rings (SSSR count). The first-order chi connectivity index (χ1) is 34.0. The van der Waals surface area contributed by atoms with Gasteiger partial charge in [-0.05, 0) is 96.8 Å². The number of quaternary nitrogens is 1. The number of aryl methyl sites for hydroxylation is 1. The molecule has 2 heterocycles. The monoisotopic (exact) mass is 1030 g/mol. The fraction of sp³-hybridized carbons (Fsp3) is 0.400. The highest BCUT2D eigenvalue weighted by molar-refractivity contribution is 6.00. The number of nitriles is 1. The third-order valence-corrected chi connectivity index (χ3v) is 14.6. The predicted molar refractivity (Wildman–Crippen MR) is 279 cm³/mol. The van der Waals surface area contributed by atoms with Crippen LogP contribution in [-0.4, -0.2) is 88.5 Å². The van der Waals surface area contributed by atoms with E-state index < -0.39 is 17.5 Å². The van der Waals surface area contributed by atoms with Crippen LogP contribution in [0.2, 0.25) is 0 Å². The van der Waals surface area contributed by atoms with E-state index in [1.807, 2.05) is 24.3 Å². The number of piperidine rings is 1. The standard InChI is InChI=1S/C25H37NO4.C24H29N2.C11H8O3.BrH/c27-20-23-18-22(13-14-24(23)28)25(29)19-26-15-7-1-2-8-16-30-17-9-6-12-21-10-4-3-5-11-21;1-26(2)22-13-14-23(26)16-19(15-22)17-24(18-25,20-9-5-3-6-10-20)21-11-7-4-8-12-21;12-10-8-4-2-1-3-7(8)5-6-9(10)11(13)14;/h3-5,10-11,13-14,18,25-29H,1-2,6-9,12,15-17,19-20H2;3-12,19,22-23H,13-17H2,1-2H3;1-6,12H,(H,13,14);1H/q;+1;;/p-1/t;19?,22-,23+;;. The minimum atomic E-state index is -1.12. The zero-order valence-corrected chi connectivity index (χ0v) is 43.1. The quantitative estimate of drug-likeness (QED) is 0.0308. The lowest BCUT2D eigenvalue weighted by molar-refractivity contribution is -0.931. The maximum absolute atomic E-state index is 10.7. The molecule has 2 fully saturated rings. The summed E-state index contributed by atoms with van der Waals surface area (Å²) < 4.78 is 6.91. The number of unbranched alkanes of at least 4 members (excludes halogenated alkanes) is 4. The fourth-order valence-electron chi connectivity index (χ4n) is 10.4. The SMILES string of the molecule is C[N+]1(C)[C@@H]2CC[C@H]1CC(CC(C#N)(c1ccccc1)c1ccccc1)C2.O=C(O)c1ccc2ccccc2c1O.OCc1cc(C(O)CNCCCCCCOCCCCc2ccccc2)ccc1O.[Br-]. The molecule has 6 N–H and O–H groups in total. The van der Waals surface area contributed by atoms with Crippen LogP contribution in [0, 0.1) is 17.2 Å². The number of fused-ring (bicyclic) bond motifs is 3. The van der Waals surface area contributed by atoms with Gasteiger partial charge in [0.2, 0.25) is 0 Å². The van der Waals surface area contributed by atoms with E-state index in [0.717, 1.165) is 93.3 Å². The van der Waals surface area contributed by atoms with E-state index in [4.69, 9.17) is 9.84 Å². The lowest BCUT2D eigenvalue weighted by atomic mass is 9.67. The zero-order valence-electron chi connectivity index (χ0n) is 41.5. The highest BCUT2D eigenvalue weighted by Crippen LogP contribution is 2.48. The molecule has 10 nitrogen and oxygen atoms in total. The second kappa shape index (κ2) is 28.5. The van der Waals surface area contributed by atoms with Crippen LogP contribution >= 0.6 is 0 Å². The number of rotatable bonds is 21. The average Bonchev–Trinajstić information content (AvgIpc) is 3.50. The van der Waals surface area contributed by atoms with E-state index in [1.54, 1.807) is 30.3 Å². The largest absolute Gasteiger partial charge is 1.00 e. The van der Waals surface area contributed by atoms with Crippen molar-refractivity contribution in [1.29, 1.82) is 5.26 Å². The van der Waals surface area contributed by atoms with E-state index in [9.17, 15) is 30.5 Å². The number of aromatic carboxylic acids is 1. The molecule has 0 spiro atoms. The Morgan fingerprint density at radius 3 is 1.94 bits per heavy atom. The Morgan fingerprint density at radius 1 is 0.761 bits per heavy atom. The van der Waals surface area contributed by atoms with Crippen LogP contribution < -0.4 is 22.3 Å². The maximum Gasteiger partial charge on any atom is 0.339 e. The van der Waals surface area contributed by atoms with Crippen LogP contribution in [0.25, 0.3) is 10.8 Å². The average molecular weight is 1030 g/mol. The van der Waals surface area contributed by atoms with Crippen LogP contribution in [0.15, 0.2) is 146 Å². The number of hydrogen-bond acceptors (Lipinski definition) is 8. The van der Waals surface area contributed by atoms with Crippen LogP contribution in [0.3, 0.4) is 0 Å². The Labute approximate surface area is 432 Å². The van der Waals surface area contributed by atoms with Gasteiger partial charge in [0.15, 0.2) is 0 Å². The van der Waals surface area contributed by atoms with Crippen LogP contribution in [0.5, 0.6) is 11.5 Å². The van der Waals surface area contributed by atoms with Crippen molar-refractivity contribution in [3.05, 3.63) is 179 Å². The van der Waals surface area contributed by atoms with Gasteiger partial charge in [-0.25, -0.2) is 4.79 Å². The number of carboxylic acids is 1. The van der Waals surface area contributed by atoms with Gasteiger partial charge in [-0.3, -0.25) is 0 Å². The summed E-state index contributed by atoms with van der Waals surface area (Å²) in [6.45, 7) is 2.77. The minimum Gasteiger partial charge on any atom is -1.00 e. The van der Waals surface area contributed by atoms with Crippen LogP contribution in [0.4, 0.5) is 0 Å². The molecule has 2 saturated heterocycles. The van der Waals surface area contributed by atoms with Crippen molar-refractivity contribution in [2.75, 3.05) is 40.4 Å². The Morgan fingerprint density at radius 2 is 1.34 bits per heavy atom. The number of halogens is 1. The number of aliphatic hydroxyl groups excluding tert-OH is 2. The normalized spacial score (nSPS) is 17.1. The number of ether oxygens (including phenoxy) is 1. The summed E-state index contributed by atoms with van der Waals surface area (Å²) in [5, 5.41) is 62.5. The molecular formula is C60H74BrN3O7. The smallest absolute Gasteiger partial charge is 0.339 e. The van der Waals surface area contributed by atoms with Gasteiger partial charge in [-0.1, -0.05) is 140 Å². The van der Waals surface area contributed by atoms with Crippen LogP contribution in [0.1, 0.15) is 115 Å². The van der Waals surface area contributed by atoms with Crippen molar-refractivity contribution in [2.24, 2.45) is 5.92 Å². The van der Waals surface area contributed by atoms with Crippen LogP contribution in [-0.2, 0) is 23.2 Å². The molecule has 4 atom stereocenters. The number of benzene rings is 6. The molecule has 0 aliphatic carbocycles. The number of phenols is 2. The van der Waals surface area contributed by atoms with Crippen molar-refractivity contribution < 1.29 is 56.5 Å². The predicted octanol–water partition coefficient (Wildman–Crippen LogP) is 8.26. The summed E-state index contributed by atoms with van der Waals surface area (Å²) in [6, 6.07) is 50.8. The first-order valence-corrected chi connectivity index (χ1v) is 25.2. The lowest BCUT2D eigenvalue weighted by Gasteiger charge is -2.45. The third kappa shape index (κ3) is 15.7. The van der Waals surface area contributed by atoms with Gasteiger partial charge in [0.25, 0.3) is 0 Å². The lowest BCUT2D eigenvalue weighted by Crippen LogP contribution is -3.00. The summed E-state index contributed by atoms with van der Waals surface area (Å²) in [6.07, 6.45) is 13.4. The van der Waals surface area contributed by atoms with Gasteiger partial charge >= 0.3 is 5.97 Å². The minimum absolute atomic E-state index is 0. The molecule has 6 aromatic carbocycles. The zero-order chi connectivity index (χ0) is 49.8. The summed E-state index contributed by atoms with van der Waals surface area (Å²) in [4.78, 5) is 10.7. The highest BCUT2D eigenvalue weighted by Gasteiger charge is 2.50. The first-order valence-electron chi connectivity index (χ1n) is 25.2. The molecule has 0 radical (unpaired) electrons. The fourth-order valence-corrected chi connectivity index (χ4v) is 10.4. The molecule has 378 valence electrons. The molecule has 2 unspecified atom stereocenters. The van der Waals surface area contributed by atoms with Crippen molar-refractivity contribution >= 4 is 16.7 Å². The van der Waals surface area contributed by atoms with E-state index in [-0.39, 0.29) is 40.7 Å². The van der Waals surface area contributed by atoms with E-state index in [0.29, 0.717) is 29.0 Å². The molecule has 0 amide bonds. The molecule has 6 aromatic rings. The number of aliphatic hydroxyl groups is 2. The molecule has 2 bridgehead atoms. The van der Waals surface area contributed by atoms with Crippen molar-refractivity contribution in [2.45, 2.75) is 107 Å². The Bertz CT molecular complexity index is 2500. The summed E-state index contributed by atoms with van der Waals surface area (Å²) >= 11 is 0. The molecular weight excluding hydrogens is 955 g/mol. The number of nitrogens with one attached hydrogen (secondary N) is 1. The molecule has 71 heavy (non-hydrogen) atoms. The molecule has 0 saturated carbocycles. The van der Waals surface area contributed by atoms with Crippen molar-refractivity contribution in [3.8, 4) is 17.6 Å². The number of hydrogen-bond donors (Lipinski definition) is 6. The molecule has 0 aromatic heterocycles. The number of carbonyl (C=O) groups is 1. The van der Waals surface area contributed by atoms with Gasteiger partial charge in [0.1, 0.15) is 22.5 Å². The molecule has 2 aliphatic heterocycles. The highest BCUT2D eigenvalue weighted by atomic mass is 79.9.